The van der Waals surface area contributed by atoms with Gasteiger partial charge in [-0.1, -0.05) is 62.4 Å². The quantitative estimate of drug-likeness (QED) is 0.583. The van der Waals surface area contributed by atoms with Crippen LogP contribution in [0, 0.1) is 18.8 Å². The molecule has 0 fully saturated rings. The highest BCUT2D eigenvalue weighted by Crippen LogP contribution is 2.27. The molecule has 4 nitrogen and oxygen atoms in total. The molecule has 0 aliphatic carbocycles. The molecule has 0 aliphatic heterocycles. The smallest absolute Gasteiger partial charge is 0.222 e. The Labute approximate surface area is 176 Å². The van der Waals surface area contributed by atoms with E-state index in [1.165, 1.54) is 0 Å². The number of hydrogen-bond acceptors (Lipinski definition) is 3. The van der Waals surface area contributed by atoms with Crippen molar-refractivity contribution in [2.24, 2.45) is 17.6 Å². The molecule has 29 heavy (non-hydrogen) atoms. The number of benzene rings is 2. The molecular weight excluding hydrogens is 360 g/mol. The number of amides is 1. The first kappa shape index (κ1) is 23.0. The predicted molar refractivity (Wildman–Crippen MR) is 120 cm³/mol. The normalized spacial score (nSPS) is 13.2. The molecule has 0 saturated heterocycles. The fourth-order valence-corrected chi connectivity index (χ4v) is 3.57. The van der Waals surface area contributed by atoms with Crippen molar-refractivity contribution in [2.75, 3.05) is 20.1 Å². The highest BCUT2D eigenvalue weighted by atomic mass is 16.5. The van der Waals surface area contributed by atoms with Gasteiger partial charge >= 0.3 is 0 Å². The average Bonchev–Trinajstić information content (AvgIpc) is 2.71. The largest absolute Gasteiger partial charge is 0.485 e. The summed E-state index contributed by atoms with van der Waals surface area (Å²) in [6.07, 6.45) is 2.13. The van der Waals surface area contributed by atoms with Gasteiger partial charge in [0.15, 0.2) is 0 Å². The summed E-state index contributed by atoms with van der Waals surface area (Å²) in [5.41, 5.74) is 8.11. The van der Waals surface area contributed by atoms with Crippen LogP contribution in [0.3, 0.4) is 0 Å². The summed E-state index contributed by atoms with van der Waals surface area (Å²) < 4.78 is 6.36. The average molecular weight is 397 g/mol. The molecule has 0 radical (unpaired) electrons. The third-order valence-corrected chi connectivity index (χ3v) is 5.29. The molecule has 2 rings (SSSR count). The number of nitrogens with zero attached hydrogens (tertiary/aromatic N) is 1. The van der Waals surface area contributed by atoms with E-state index in [4.69, 9.17) is 10.5 Å². The second-order valence-corrected chi connectivity index (χ2v) is 8.32. The van der Waals surface area contributed by atoms with E-state index in [0.717, 1.165) is 29.7 Å². The van der Waals surface area contributed by atoms with Crippen LogP contribution in [0.15, 0.2) is 54.6 Å². The molecule has 1 amide bonds. The minimum Gasteiger partial charge on any atom is -0.485 e. The summed E-state index contributed by atoms with van der Waals surface area (Å²) >= 11 is 0. The lowest BCUT2D eigenvalue weighted by molar-refractivity contribution is -0.131. The molecule has 0 heterocycles. The molecule has 0 aliphatic rings. The second-order valence-electron chi connectivity index (χ2n) is 8.32. The summed E-state index contributed by atoms with van der Waals surface area (Å²) in [7, 11) is 1.88. The molecule has 0 bridgehead atoms. The zero-order valence-corrected chi connectivity index (χ0v) is 18.3. The Morgan fingerprint density at radius 3 is 2.34 bits per heavy atom. The fourth-order valence-electron chi connectivity index (χ4n) is 3.57. The van der Waals surface area contributed by atoms with Gasteiger partial charge in [-0.25, -0.2) is 0 Å². The van der Waals surface area contributed by atoms with Gasteiger partial charge in [-0.3, -0.25) is 4.79 Å². The molecule has 2 atom stereocenters. The van der Waals surface area contributed by atoms with Gasteiger partial charge in [0.1, 0.15) is 11.9 Å². The number of hydrogen-bond donors (Lipinski definition) is 1. The Morgan fingerprint density at radius 2 is 1.72 bits per heavy atom. The number of carbonyl (C=O) groups excluding carboxylic acids is 1. The molecule has 2 aromatic rings. The van der Waals surface area contributed by atoms with Crippen LogP contribution >= 0.6 is 0 Å². The van der Waals surface area contributed by atoms with Gasteiger partial charge in [0, 0.05) is 26.4 Å². The summed E-state index contributed by atoms with van der Waals surface area (Å²) in [5, 5.41) is 0. The molecular formula is C25H36N2O2. The molecule has 2 N–H and O–H groups in total. The van der Waals surface area contributed by atoms with E-state index in [2.05, 4.69) is 39.0 Å². The topological polar surface area (TPSA) is 55.6 Å². The standard InChI is InChI=1S/C25H36N2O2/c1-19(2)16-21(18-26)17-25(28)27(4)15-14-24(22-11-6-5-7-12-22)29-23-13-9-8-10-20(23)3/h5-13,19,21,24H,14-18,26H2,1-4H3/t21-,24+/m0/s1. The first-order valence-electron chi connectivity index (χ1n) is 10.6. The lowest BCUT2D eigenvalue weighted by Crippen LogP contribution is -2.32. The van der Waals surface area contributed by atoms with Gasteiger partial charge in [0.2, 0.25) is 5.91 Å². The van der Waals surface area contributed by atoms with Crippen molar-refractivity contribution in [3.05, 3.63) is 65.7 Å². The second kappa shape index (κ2) is 11.6. The number of para-hydroxylation sites is 1. The van der Waals surface area contributed by atoms with Crippen molar-refractivity contribution in [1.29, 1.82) is 0 Å². The molecule has 0 saturated carbocycles. The van der Waals surface area contributed by atoms with Crippen molar-refractivity contribution in [2.45, 2.75) is 46.1 Å². The third-order valence-electron chi connectivity index (χ3n) is 5.29. The number of nitrogens with two attached hydrogens (primary N) is 1. The van der Waals surface area contributed by atoms with Crippen LogP contribution in [0.25, 0.3) is 0 Å². The number of carbonyl (C=O) groups is 1. The van der Waals surface area contributed by atoms with E-state index in [-0.39, 0.29) is 17.9 Å². The number of aryl methyl sites for hydroxylation is 1. The molecule has 0 unspecified atom stereocenters. The number of rotatable bonds is 11. The highest BCUT2D eigenvalue weighted by molar-refractivity contribution is 5.76. The van der Waals surface area contributed by atoms with Crippen molar-refractivity contribution >= 4 is 5.91 Å². The van der Waals surface area contributed by atoms with Gasteiger partial charge in [0.25, 0.3) is 0 Å². The molecule has 0 aromatic heterocycles. The Kier molecular flexibility index (Phi) is 9.20. The third kappa shape index (κ3) is 7.54. The van der Waals surface area contributed by atoms with E-state index in [1.807, 2.05) is 48.3 Å². The highest BCUT2D eigenvalue weighted by Gasteiger charge is 2.20. The first-order valence-corrected chi connectivity index (χ1v) is 10.6. The molecule has 158 valence electrons. The van der Waals surface area contributed by atoms with Crippen molar-refractivity contribution < 1.29 is 9.53 Å². The monoisotopic (exact) mass is 396 g/mol. The maximum atomic E-state index is 12.7. The van der Waals surface area contributed by atoms with Crippen molar-refractivity contribution in [3.63, 3.8) is 0 Å². The lowest BCUT2D eigenvalue weighted by atomic mass is 9.94. The van der Waals surface area contributed by atoms with Crippen LogP contribution in [0.1, 0.15) is 50.3 Å². The van der Waals surface area contributed by atoms with Gasteiger partial charge in [0.05, 0.1) is 0 Å². The summed E-state index contributed by atoms with van der Waals surface area (Å²) in [6.45, 7) is 7.59. The van der Waals surface area contributed by atoms with Gasteiger partial charge in [-0.05, 0) is 48.9 Å². The molecule has 4 heteroatoms. The lowest BCUT2D eigenvalue weighted by Gasteiger charge is -2.25. The zero-order chi connectivity index (χ0) is 21.2. The maximum absolute atomic E-state index is 12.7. The Bertz CT molecular complexity index is 745. The van der Waals surface area contributed by atoms with Crippen LogP contribution in [0.2, 0.25) is 0 Å². The minimum absolute atomic E-state index is 0.103. The van der Waals surface area contributed by atoms with Crippen molar-refractivity contribution in [1.82, 2.24) is 4.90 Å². The summed E-state index contributed by atoms with van der Waals surface area (Å²) in [6, 6.07) is 18.3. The van der Waals surface area contributed by atoms with Gasteiger partial charge in [-0.2, -0.15) is 0 Å². The Hall–Kier alpha value is -2.33. The van der Waals surface area contributed by atoms with E-state index in [0.29, 0.717) is 25.4 Å². The minimum atomic E-state index is -0.103. The van der Waals surface area contributed by atoms with E-state index >= 15 is 0 Å². The van der Waals surface area contributed by atoms with E-state index in [9.17, 15) is 4.79 Å². The van der Waals surface area contributed by atoms with Crippen LogP contribution < -0.4 is 10.5 Å². The van der Waals surface area contributed by atoms with Crippen LogP contribution in [-0.4, -0.2) is 30.9 Å². The van der Waals surface area contributed by atoms with Crippen LogP contribution in [-0.2, 0) is 4.79 Å². The predicted octanol–water partition coefficient (Wildman–Crippen LogP) is 4.97. The van der Waals surface area contributed by atoms with E-state index in [1.54, 1.807) is 0 Å². The number of ether oxygens (including phenoxy) is 1. The maximum Gasteiger partial charge on any atom is 0.222 e. The zero-order valence-electron chi connectivity index (χ0n) is 18.3. The fraction of sp³-hybridized carbons (Fsp3) is 0.480. The van der Waals surface area contributed by atoms with Crippen LogP contribution in [0.4, 0.5) is 0 Å². The van der Waals surface area contributed by atoms with Gasteiger partial charge < -0.3 is 15.4 Å². The Balaban J connectivity index is 2.01. The van der Waals surface area contributed by atoms with Gasteiger partial charge in [-0.15, -0.1) is 0 Å². The van der Waals surface area contributed by atoms with E-state index < -0.39 is 0 Å². The SMILES string of the molecule is Cc1ccccc1O[C@H](CCN(C)C(=O)C[C@@H](CN)CC(C)C)c1ccccc1. The van der Waals surface area contributed by atoms with Crippen LogP contribution in [0.5, 0.6) is 5.75 Å². The Morgan fingerprint density at radius 1 is 1.07 bits per heavy atom. The summed E-state index contributed by atoms with van der Waals surface area (Å²) in [5.74, 6) is 1.84. The van der Waals surface area contributed by atoms with Crippen molar-refractivity contribution in [3.8, 4) is 5.75 Å². The first-order chi connectivity index (χ1) is 13.9. The molecule has 0 spiro atoms. The summed E-state index contributed by atoms with van der Waals surface area (Å²) in [4.78, 5) is 14.5. The molecule has 2 aromatic carbocycles.